The Bertz CT molecular complexity index is 1320. The van der Waals surface area contributed by atoms with Gasteiger partial charge in [-0.15, -0.1) is 0 Å². The van der Waals surface area contributed by atoms with Gasteiger partial charge >= 0.3 is 0 Å². The molecule has 1 fully saturated rings. The minimum Gasteiger partial charge on any atom is -0.387 e. The molecule has 1 aliphatic carbocycles. The van der Waals surface area contributed by atoms with Gasteiger partial charge in [-0.05, 0) is 42.5 Å². The number of hydrogen-bond acceptors (Lipinski definition) is 6. The lowest BCUT2D eigenvalue weighted by atomic mass is 9.82. The maximum absolute atomic E-state index is 14.4. The van der Waals surface area contributed by atoms with Crippen LogP contribution in [0.5, 0.6) is 0 Å². The predicted molar refractivity (Wildman–Crippen MR) is 114 cm³/mol. The molecule has 3 N–H and O–H groups in total. The van der Waals surface area contributed by atoms with Gasteiger partial charge < -0.3 is 11.1 Å². The Kier molecular flexibility index (Phi) is 4.71. The highest BCUT2D eigenvalue weighted by Crippen LogP contribution is 2.60. The van der Waals surface area contributed by atoms with Crippen molar-refractivity contribution in [1.29, 1.82) is 5.26 Å². The summed E-state index contributed by atoms with van der Waals surface area (Å²) < 4.78 is 43.1. The molecule has 0 bridgehead atoms. The van der Waals surface area contributed by atoms with Crippen molar-refractivity contribution in [2.24, 2.45) is 22.6 Å². The molecule has 0 unspecified atom stereocenters. The van der Waals surface area contributed by atoms with Crippen LogP contribution in [-0.2, 0) is 5.54 Å². The van der Waals surface area contributed by atoms with Crippen molar-refractivity contribution in [3.8, 4) is 6.07 Å². The number of aliphatic imine (C=N–C) groups is 1. The van der Waals surface area contributed by atoms with E-state index in [1.165, 1.54) is 24.4 Å². The van der Waals surface area contributed by atoms with Gasteiger partial charge in [-0.25, -0.2) is 18.2 Å². The fourth-order valence-corrected chi connectivity index (χ4v) is 4.79. The van der Waals surface area contributed by atoms with Gasteiger partial charge in [0.15, 0.2) is 17.2 Å². The van der Waals surface area contributed by atoms with Crippen LogP contribution in [0.3, 0.4) is 0 Å². The minimum atomic E-state index is -2.79. The number of nitrogens with two attached hydrogens (primary N) is 1. The third kappa shape index (κ3) is 3.14. The first-order chi connectivity index (χ1) is 15.3. The number of fused-ring (bicyclic) bond motifs is 2. The minimum absolute atomic E-state index is 0.0652. The number of benzene rings is 1. The number of hydrogen-bond donors (Lipinski definition) is 2. The number of nitrogens with one attached hydrogen (secondary N) is 1. The van der Waals surface area contributed by atoms with Crippen molar-refractivity contribution in [3.63, 3.8) is 0 Å². The molecule has 3 atom stereocenters. The zero-order valence-corrected chi connectivity index (χ0v) is 17.2. The Morgan fingerprint density at radius 1 is 1.25 bits per heavy atom. The second-order valence-electron chi connectivity index (χ2n) is 8.04. The van der Waals surface area contributed by atoms with Gasteiger partial charge in [-0.2, -0.15) is 5.26 Å². The second-order valence-corrected chi connectivity index (χ2v) is 8.45. The van der Waals surface area contributed by atoms with E-state index in [0.717, 1.165) is 6.20 Å². The van der Waals surface area contributed by atoms with Gasteiger partial charge in [0.2, 0.25) is 0 Å². The topological polar surface area (TPSA) is 100.0 Å². The molecule has 10 heteroatoms. The molecule has 0 amide bonds. The predicted octanol–water partition coefficient (Wildman–Crippen LogP) is 4.89. The average molecular weight is 457 g/mol. The maximum atomic E-state index is 14.4. The monoisotopic (exact) mass is 456 g/mol. The molecule has 3 heterocycles. The summed E-state index contributed by atoms with van der Waals surface area (Å²) in [6.07, 6.45) is 0.640. The molecule has 5 rings (SSSR count). The summed E-state index contributed by atoms with van der Waals surface area (Å²) in [6, 6.07) is 7.90. The molecule has 1 aliphatic heterocycles. The number of alkyl halides is 2. The van der Waals surface area contributed by atoms with E-state index >= 15 is 0 Å². The third-order valence-electron chi connectivity index (χ3n) is 6.09. The van der Waals surface area contributed by atoms with Crippen LogP contribution < -0.4 is 11.1 Å². The van der Waals surface area contributed by atoms with Gasteiger partial charge in [0.25, 0.3) is 6.43 Å². The highest BCUT2D eigenvalue weighted by Gasteiger charge is 2.62. The van der Waals surface area contributed by atoms with Crippen molar-refractivity contribution >= 4 is 39.8 Å². The summed E-state index contributed by atoms with van der Waals surface area (Å²) in [4.78, 5) is 12.4. The molecule has 2 aliphatic rings. The fraction of sp³-hybridized carbons (Fsp3) is 0.273. The van der Waals surface area contributed by atoms with E-state index in [0.29, 0.717) is 18.5 Å². The molecule has 162 valence electrons. The lowest BCUT2D eigenvalue weighted by Crippen LogP contribution is -2.41. The summed E-state index contributed by atoms with van der Waals surface area (Å²) in [7, 11) is 0. The zero-order chi connectivity index (χ0) is 22.6. The molecule has 1 saturated carbocycles. The normalized spacial score (nSPS) is 24.1. The Morgan fingerprint density at radius 3 is 2.81 bits per heavy atom. The summed E-state index contributed by atoms with van der Waals surface area (Å²) in [5.74, 6) is -0.493. The summed E-state index contributed by atoms with van der Waals surface area (Å²) in [5.41, 5.74) is 5.08. The molecule has 1 aromatic carbocycles. The summed E-state index contributed by atoms with van der Waals surface area (Å²) in [6.45, 7) is 0. The number of amidine groups is 1. The van der Waals surface area contributed by atoms with E-state index in [1.807, 2.05) is 6.07 Å². The number of pyridine rings is 2. The average Bonchev–Trinajstić information content (AvgIpc) is 3.55. The first-order valence-corrected chi connectivity index (χ1v) is 10.2. The van der Waals surface area contributed by atoms with Crippen LogP contribution >= 0.6 is 11.6 Å². The molecule has 0 radical (unpaired) electrons. The van der Waals surface area contributed by atoms with E-state index in [9.17, 15) is 13.2 Å². The quantitative estimate of drug-likeness (QED) is 0.582. The first-order valence-electron chi connectivity index (χ1n) is 9.87. The molecule has 0 saturated heterocycles. The molecule has 6 nitrogen and oxygen atoms in total. The Balaban J connectivity index is 1.60. The van der Waals surface area contributed by atoms with E-state index in [-0.39, 0.29) is 50.5 Å². The molecule has 2 aromatic heterocycles. The Hall–Kier alpha value is -3.38. The smallest absolute Gasteiger partial charge is 0.267 e. The summed E-state index contributed by atoms with van der Waals surface area (Å²) >= 11 is 6.37. The Morgan fingerprint density at radius 2 is 2.06 bits per heavy atom. The van der Waals surface area contributed by atoms with Crippen molar-refractivity contribution < 1.29 is 13.2 Å². The van der Waals surface area contributed by atoms with Crippen LogP contribution in [0.2, 0.25) is 5.02 Å². The van der Waals surface area contributed by atoms with Gasteiger partial charge in [-0.1, -0.05) is 11.6 Å². The van der Waals surface area contributed by atoms with Crippen molar-refractivity contribution in [3.05, 3.63) is 58.6 Å². The molecule has 3 aromatic rings. The number of halogens is 4. The van der Waals surface area contributed by atoms with Crippen molar-refractivity contribution in [1.82, 2.24) is 9.97 Å². The second kappa shape index (κ2) is 7.35. The van der Waals surface area contributed by atoms with Crippen LogP contribution in [-0.4, -0.2) is 22.2 Å². The standard InChI is InChI=1S/C22H16ClF3N6/c23-16-2-1-12(6-15(16)22(21(25)26)14-4-11(14)5-18(28)32-22)31-20-19-13(17(24)9-30-20)3-10(7-27)8-29-19/h1-3,6,8-9,11,14,21H,4-5H2,(H2,28,32)(H,30,31)/t11-,14-,22-/m0/s1. The number of rotatable bonds is 4. The van der Waals surface area contributed by atoms with Crippen LogP contribution in [0.1, 0.15) is 24.0 Å². The van der Waals surface area contributed by atoms with Crippen molar-refractivity contribution in [2.75, 3.05) is 5.32 Å². The Labute approximate surface area is 185 Å². The van der Waals surface area contributed by atoms with Gasteiger partial charge in [0.05, 0.1) is 17.6 Å². The van der Waals surface area contributed by atoms with Gasteiger partial charge in [-0.3, -0.25) is 9.98 Å². The van der Waals surface area contributed by atoms with Crippen molar-refractivity contribution in [2.45, 2.75) is 24.8 Å². The largest absolute Gasteiger partial charge is 0.387 e. The lowest BCUT2D eigenvalue weighted by Gasteiger charge is -2.34. The first kappa shape index (κ1) is 20.5. The van der Waals surface area contributed by atoms with E-state index in [1.54, 1.807) is 6.07 Å². The highest BCUT2D eigenvalue weighted by molar-refractivity contribution is 6.31. The third-order valence-corrected chi connectivity index (χ3v) is 6.42. The number of aromatic nitrogens is 2. The SMILES string of the molecule is N#Cc1cnc2c(Nc3ccc(Cl)c([C@@]4(C(F)F)N=C(N)C[C@@H]5C[C@@H]54)c3)ncc(F)c2c1. The van der Waals surface area contributed by atoms with Gasteiger partial charge in [0.1, 0.15) is 11.6 Å². The molecule has 32 heavy (non-hydrogen) atoms. The number of nitrogens with zero attached hydrogens (tertiary/aromatic N) is 4. The molecule has 0 spiro atoms. The van der Waals surface area contributed by atoms with Crippen LogP contribution in [0, 0.1) is 29.0 Å². The highest BCUT2D eigenvalue weighted by atomic mass is 35.5. The molecular formula is C22H16ClF3N6. The van der Waals surface area contributed by atoms with Gasteiger partial charge in [0, 0.05) is 34.3 Å². The van der Waals surface area contributed by atoms with E-state index in [4.69, 9.17) is 22.6 Å². The van der Waals surface area contributed by atoms with Crippen LogP contribution in [0.15, 0.2) is 41.7 Å². The number of anilines is 2. The lowest BCUT2D eigenvalue weighted by molar-refractivity contribution is 0.0344. The van der Waals surface area contributed by atoms with E-state index < -0.39 is 17.8 Å². The zero-order valence-electron chi connectivity index (χ0n) is 16.5. The maximum Gasteiger partial charge on any atom is 0.267 e. The molecular weight excluding hydrogens is 441 g/mol. The van der Waals surface area contributed by atoms with Crippen LogP contribution in [0.25, 0.3) is 10.9 Å². The number of nitriles is 1. The van der Waals surface area contributed by atoms with Crippen LogP contribution in [0.4, 0.5) is 24.7 Å². The van der Waals surface area contributed by atoms with E-state index in [2.05, 4.69) is 20.3 Å². The summed E-state index contributed by atoms with van der Waals surface area (Å²) in [5, 5.41) is 12.3. The fourth-order valence-electron chi connectivity index (χ4n) is 4.52.